The molecule has 25 heavy (non-hydrogen) atoms. The molecule has 0 saturated heterocycles. The summed E-state index contributed by atoms with van der Waals surface area (Å²) in [6, 6.07) is 4.04. The highest BCUT2D eigenvalue weighted by Crippen LogP contribution is 2.26. The van der Waals surface area contributed by atoms with Crippen molar-refractivity contribution in [1.29, 1.82) is 0 Å². The Morgan fingerprint density at radius 3 is 2.80 bits per heavy atom. The fraction of sp³-hybridized carbons (Fsp3) is 0.471. The molecular formula is C17H21BrFN3O3. The summed E-state index contributed by atoms with van der Waals surface area (Å²) >= 11 is 3.21. The summed E-state index contributed by atoms with van der Waals surface area (Å²) in [6.07, 6.45) is 0.578. The summed E-state index contributed by atoms with van der Waals surface area (Å²) in [4.78, 5) is 16.3. The second-order valence-corrected chi connectivity index (χ2v) is 6.78. The van der Waals surface area contributed by atoms with Crippen molar-refractivity contribution >= 4 is 21.8 Å². The van der Waals surface area contributed by atoms with Gasteiger partial charge in [0.05, 0.1) is 4.47 Å². The van der Waals surface area contributed by atoms with Crippen LogP contribution in [0.25, 0.3) is 0 Å². The maximum atomic E-state index is 13.1. The monoisotopic (exact) mass is 413 g/mol. The number of ether oxygens (including phenoxy) is 1. The molecule has 0 fully saturated rings. The lowest BCUT2D eigenvalue weighted by atomic mass is 10.2. The van der Waals surface area contributed by atoms with Crippen LogP contribution in [0.2, 0.25) is 0 Å². The lowest BCUT2D eigenvalue weighted by Gasteiger charge is -2.15. The molecule has 0 aliphatic rings. The Morgan fingerprint density at radius 2 is 2.16 bits per heavy atom. The van der Waals surface area contributed by atoms with E-state index in [0.717, 1.165) is 0 Å². The molecule has 0 radical (unpaired) electrons. The number of nitrogens with one attached hydrogen (secondary N) is 1. The van der Waals surface area contributed by atoms with Crippen LogP contribution in [-0.2, 0) is 11.2 Å². The van der Waals surface area contributed by atoms with Gasteiger partial charge in [0.1, 0.15) is 11.6 Å². The Morgan fingerprint density at radius 1 is 1.40 bits per heavy atom. The second kappa shape index (κ2) is 8.94. The van der Waals surface area contributed by atoms with Crippen LogP contribution in [-0.4, -0.2) is 28.7 Å². The highest BCUT2D eigenvalue weighted by atomic mass is 79.9. The van der Waals surface area contributed by atoms with Crippen molar-refractivity contribution in [3.8, 4) is 5.75 Å². The molecule has 1 heterocycles. The van der Waals surface area contributed by atoms with Crippen molar-refractivity contribution in [2.24, 2.45) is 0 Å². The van der Waals surface area contributed by atoms with Gasteiger partial charge in [0, 0.05) is 18.9 Å². The van der Waals surface area contributed by atoms with E-state index in [-0.39, 0.29) is 17.6 Å². The number of hydrogen-bond donors (Lipinski definition) is 1. The minimum atomic E-state index is -0.697. The normalized spacial score (nSPS) is 12.2. The quantitative estimate of drug-likeness (QED) is 0.668. The molecule has 136 valence electrons. The van der Waals surface area contributed by atoms with E-state index in [1.165, 1.54) is 18.2 Å². The number of carbonyl (C=O) groups is 1. The molecule has 2 rings (SSSR count). The largest absolute Gasteiger partial charge is 0.480 e. The fourth-order valence-corrected chi connectivity index (χ4v) is 2.46. The molecule has 6 nitrogen and oxygen atoms in total. The van der Waals surface area contributed by atoms with Crippen LogP contribution in [0.15, 0.2) is 27.2 Å². The fourth-order valence-electron chi connectivity index (χ4n) is 2.01. The maximum Gasteiger partial charge on any atom is 0.260 e. The molecule has 1 amide bonds. The summed E-state index contributed by atoms with van der Waals surface area (Å²) in [5.41, 5.74) is 0. The Bertz CT molecular complexity index is 721. The van der Waals surface area contributed by atoms with Crippen LogP contribution in [0.4, 0.5) is 4.39 Å². The molecule has 0 spiro atoms. The van der Waals surface area contributed by atoms with E-state index < -0.39 is 6.10 Å². The van der Waals surface area contributed by atoms with Crippen molar-refractivity contribution in [3.63, 3.8) is 0 Å². The van der Waals surface area contributed by atoms with Gasteiger partial charge in [-0.05, 0) is 47.5 Å². The number of nitrogens with zero attached hydrogens (tertiary/aromatic N) is 2. The molecular weight excluding hydrogens is 393 g/mol. The lowest BCUT2D eigenvalue weighted by Crippen LogP contribution is -2.37. The smallest absolute Gasteiger partial charge is 0.260 e. The van der Waals surface area contributed by atoms with Crippen LogP contribution < -0.4 is 10.1 Å². The maximum absolute atomic E-state index is 13.1. The Kier molecular flexibility index (Phi) is 6.92. The van der Waals surface area contributed by atoms with Crippen molar-refractivity contribution < 1.29 is 18.4 Å². The topological polar surface area (TPSA) is 77.2 Å². The van der Waals surface area contributed by atoms with Gasteiger partial charge in [0.2, 0.25) is 5.89 Å². The average Bonchev–Trinajstić information content (AvgIpc) is 3.03. The Labute approximate surface area is 154 Å². The molecule has 0 saturated carbocycles. The van der Waals surface area contributed by atoms with Gasteiger partial charge in [-0.25, -0.2) is 4.39 Å². The van der Waals surface area contributed by atoms with Crippen molar-refractivity contribution in [3.05, 3.63) is 40.2 Å². The van der Waals surface area contributed by atoms with Crippen LogP contribution >= 0.6 is 15.9 Å². The van der Waals surface area contributed by atoms with Gasteiger partial charge in [-0.3, -0.25) is 4.79 Å². The Hall–Kier alpha value is -1.96. The molecule has 1 aromatic heterocycles. The number of aryl methyl sites for hydroxylation is 1. The second-order valence-electron chi connectivity index (χ2n) is 5.93. The molecule has 2 aromatic rings. The van der Waals surface area contributed by atoms with Crippen molar-refractivity contribution in [1.82, 2.24) is 15.5 Å². The zero-order chi connectivity index (χ0) is 18.4. The van der Waals surface area contributed by atoms with Gasteiger partial charge < -0.3 is 14.6 Å². The highest BCUT2D eigenvalue weighted by Gasteiger charge is 2.16. The number of halogens is 2. The van der Waals surface area contributed by atoms with Crippen LogP contribution in [0.5, 0.6) is 5.75 Å². The summed E-state index contributed by atoms with van der Waals surface area (Å²) in [5, 5.41) is 6.68. The van der Waals surface area contributed by atoms with E-state index in [2.05, 4.69) is 31.4 Å². The van der Waals surface area contributed by atoms with Gasteiger partial charge >= 0.3 is 0 Å². The van der Waals surface area contributed by atoms with Crippen molar-refractivity contribution in [2.75, 3.05) is 6.54 Å². The van der Waals surface area contributed by atoms with Crippen LogP contribution in [0.1, 0.15) is 44.8 Å². The molecule has 1 atom stereocenters. The van der Waals surface area contributed by atoms with E-state index in [0.29, 0.717) is 41.3 Å². The standard InChI is InChI=1S/C17H21BrFN3O3/c1-10(2)16-21-15(25-22-16)5-4-8-20-17(23)11(3)24-14-7-6-12(19)9-13(14)18/h6-7,9-11H,4-5,8H2,1-3H3,(H,20,23). The summed E-state index contributed by atoms with van der Waals surface area (Å²) < 4.78 is 24.2. The number of carbonyl (C=O) groups excluding carboxylic acids is 1. The minimum Gasteiger partial charge on any atom is -0.480 e. The first-order valence-corrected chi connectivity index (χ1v) is 8.88. The molecule has 8 heteroatoms. The van der Waals surface area contributed by atoms with Crippen LogP contribution in [0, 0.1) is 5.82 Å². The number of rotatable bonds is 8. The van der Waals surface area contributed by atoms with Gasteiger partial charge in [0.15, 0.2) is 11.9 Å². The predicted molar refractivity (Wildman–Crippen MR) is 93.9 cm³/mol. The molecule has 1 aromatic carbocycles. The average molecular weight is 414 g/mol. The van der Waals surface area contributed by atoms with E-state index in [1.807, 2.05) is 13.8 Å². The van der Waals surface area contributed by atoms with E-state index in [4.69, 9.17) is 9.26 Å². The molecule has 0 aliphatic carbocycles. The van der Waals surface area contributed by atoms with Gasteiger partial charge in [-0.2, -0.15) is 4.98 Å². The summed E-state index contributed by atoms with van der Waals surface area (Å²) in [7, 11) is 0. The first kappa shape index (κ1) is 19.4. The highest BCUT2D eigenvalue weighted by molar-refractivity contribution is 9.10. The minimum absolute atomic E-state index is 0.223. The third-order valence-electron chi connectivity index (χ3n) is 3.43. The first-order valence-electron chi connectivity index (χ1n) is 8.08. The zero-order valence-electron chi connectivity index (χ0n) is 14.4. The number of hydrogen-bond acceptors (Lipinski definition) is 5. The molecule has 1 unspecified atom stereocenters. The molecule has 0 aliphatic heterocycles. The van der Waals surface area contributed by atoms with Gasteiger partial charge in [0.25, 0.3) is 5.91 Å². The SMILES string of the molecule is CC(Oc1ccc(F)cc1Br)C(=O)NCCCc1nc(C(C)C)no1. The van der Waals surface area contributed by atoms with E-state index in [1.54, 1.807) is 6.92 Å². The number of aromatic nitrogens is 2. The zero-order valence-corrected chi connectivity index (χ0v) is 16.0. The van der Waals surface area contributed by atoms with E-state index >= 15 is 0 Å². The van der Waals surface area contributed by atoms with Crippen LogP contribution in [0.3, 0.4) is 0 Å². The van der Waals surface area contributed by atoms with Gasteiger partial charge in [-0.1, -0.05) is 19.0 Å². The first-order chi connectivity index (χ1) is 11.9. The predicted octanol–water partition coefficient (Wildman–Crippen LogP) is 3.61. The Balaban J connectivity index is 1.73. The third kappa shape index (κ3) is 5.81. The third-order valence-corrected chi connectivity index (χ3v) is 4.05. The summed E-state index contributed by atoms with van der Waals surface area (Å²) in [6.45, 7) is 6.10. The lowest BCUT2D eigenvalue weighted by molar-refractivity contribution is -0.127. The van der Waals surface area contributed by atoms with E-state index in [9.17, 15) is 9.18 Å². The molecule has 1 N–H and O–H groups in total. The summed E-state index contributed by atoms with van der Waals surface area (Å²) in [5.74, 6) is 1.27. The number of amides is 1. The molecule has 0 bridgehead atoms. The van der Waals surface area contributed by atoms with Crippen molar-refractivity contribution in [2.45, 2.75) is 45.6 Å². The van der Waals surface area contributed by atoms with Gasteiger partial charge in [-0.15, -0.1) is 0 Å². The number of benzene rings is 1.